The first-order valence-electron chi connectivity index (χ1n) is 8.04. The first-order chi connectivity index (χ1) is 11.5. The van der Waals surface area contributed by atoms with Gasteiger partial charge in [-0.05, 0) is 50.6 Å². The highest BCUT2D eigenvalue weighted by molar-refractivity contribution is 5.78. The minimum Gasteiger partial charge on any atom is -0.484 e. The fourth-order valence-electron chi connectivity index (χ4n) is 2.54. The average molecular weight is 322 g/mol. The zero-order chi connectivity index (χ0) is 17.5. The third-order valence-electron chi connectivity index (χ3n) is 4.03. The number of amides is 1. The second-order valence-electron chi connectivity index (χ2n) is 5.69. The summed E-state index contributed by atoms with van der Waals surface area (Å²) in [6, 6.07) is 17.0. The Hall–Kier alpha value is -2.80. The van der Waals surface area contributed by atoms with Crippen LogP contribution in [0.4, 0.5) is 0 Å². The zero-order valence-electron chi connectivity index (χ0n) is 14.3. The number of ether oxygens (including phenoxy) is 1. The van der Waals surface area contributed by atoms with E-state index in [0.717, 1.165) is 11.1 Å². The Balaban J connectivity index is 2.01. The quantitative estimate of drug-likeness (QED) is 0.811. The molecule has 1 atom stereocenters. The lowest BCUT2D eigenvalue weighted by atomic mass is 10.0. The molecular formula is C20H22N2O2. The molecule has 0 aromatic heterocycles. The van der Waals surface area contributed by atoms with Gasteiger partial charge in [0.15, 0.2) is 6.61 Å². The Morgan fingerprint density at radius 2 is 1.79 bits per heavy atom. The number of rotatable bonds is 6. The number of benzene rings is 2. The van der Waals surface area contributed by atoms with Crippen molar-refractivity contribution in [3.63, 3.8) is 0 Å². The average Bonchev–Trinajstić information content (AvgIpc) is 2.61. The molecule has 2 rings (SSSR count). The molecule has 0 aliphatic carbocycles. The Labute approximate surface area is 143 Å². The second kappa shape index (κ2) is 8.16. The van der Waals surface area contributed by atoms with E-state index in [4.69, 9.17) is 10.00 Å². The van der Waals surface area contributed by atoms with Crippen LogP contribution in [-0.4, -0.2) is 24.0 Å². The van der Waals surface area contributed by atoms with Gasteiger partial charge in [0.2, 0.25) is 0 Å². The lowest BCUT2D eigenvalue weighted by Gasteiger charge is -2.28. The van der Waals surface area contributed by atoms with Crippen molar-refractivity contribution in [2.24, 2.45) is 0 Å². The van der Waals surface area contributed by atoms with Gasteiger partial charge in [0.1, 0.15) is 5.75 Å². The van der Waals surface area contributed by atoms with Crippen molar-refractivity contribution in [2.75, 3.05) is 13.2 Å². The molecule has 24 heavy (non-hydrogen) atoms. The molecule has 0 spiro atoms. The largest absolute Gasteiger partial charge is 0.484 e. The van der Waals surface area contributed by atoms with Gasteiger partial charge in [0.05, 0.1) is 17.7 Å². The molecular weight excluding hydrogens is 300 g/mol. The van der Waals surface area contributed by atoms with E-state index in [-0.39, 0.29) is 18.6 Å². The van der Waals surface area contributed by atoms with Crippen LogP contribution in [-0.2, 0) is 4.79 Å². The maximum absolute atomic E-state index is 12.5. The lowest BCUT2D eigenvalue weighted by Crippen LogP contribution is -2.36. The highest BCUT2D eigenvalue weighted by Crippen LogP contribution is 2.21. The maximum Gasteiger partial charge on any atom is 0.260 e. The van der Waals surface area contributed by atoms with Crippen LogP contribution in [0.1, 0.15) is 36.6 Å². The van der Waals surface area contributed by atoms with Gasteiger partial charge in [0, 0.05) is 6.54 Å². The highest BCUT2D eigenvalue weighted by Gasteiger charge is 2.20. The van der Waals surface area contributed by atoms with Gasteiger partial charge >= 0.3 is 0 Å². The summed E-state index contributed by atoms with van der Waals surface area (Å²) in [5.41, 5.74) is 2.76. The lowest BCUT2D eigenvalue weighted by molar-refractivity contribution is -0.135. The van der Waals surface area contributed by atoms with Crippen LogP contribution in [0.2, 0.25) is 0 Å². The Kier molecular flexibility index (Phi) is 5.97. The third-order valence-corrected chi connectivity index (χ3v) is 4.03. The van der Waals surface area contributed by atoms with Gasteiger partial charge in [-0.15, -0.1) is 0 Å². The van der Waals surface area contributed by atoms with Crippen LogP contribution in [0.3, 0.4) is 0 Å². The van der Waals surface area contributed by atoms with Crippen molar-refractivity contribution in [3.8, 4) is 11.8 Å². The predicted octanol–water partition coefficient (Wildman–Crippen LogP) is 3.86. The van der Waals surface area contributed by atoms with Crippen LogP contribution in [0.5, 0.6) is 5.75 Å². The summed E-state index contributed by atoms with van der Waals surface area (Å²) >= 11 is 0. The summed E-state index contributed by atoms with van der Waals surface area (Å²) in [4.78, 5) is 14.3. The summed E-state index contributed by atoms with van der Waals surface area (Å²) in [5.74, 6) is 0.631. The molecule has 0 bridgehead atoms. The molecule has 1 amide bonds. The Bertz CT molecular complexity index is 715. The molecule has 0 saturated heterocycles. The summed E-state index contributed by atoms with van der Waals surface area (Å²) < 4.78 is 5.59. The maximum atomic E-state index is 12.5. The molecule has 0 aliphatic rings. The van der Waals surface area contributed by atoms with E-state index in [2.05, 4.69) is 6.07 Å². The van der Waals surface area contributed by atoms with Gasteiger partial charge in [-0.1, -0.05) is 29.8 Å². The minimum absolute atomic E-state index is 0.0114. The SMILES string of the molecule is CCN(C(=O)COc1ccc(C)cc1)C(C)c1ccc(C#N)cc1. The normalized spacial score (nSPS) is 11.4. The van der Waals surface area contributed by atoms with Crippen molar-refractivity contribution in [1.29, 1.82) is 5.26 Å². The van der Waals surface area contributed by atoms with E-state index in [1.165, 1.54) is 0 Å². The number of nitriles is 1. The van der Waals surface area contributed by atoms with Crippen LogP contribution in [0.15, 0.2) is 48.5 Å². The molecule has 0 saturated carbocycles. The van der Waals surface area contributed by atoms with Crippen LogP contribution in [0, 0.1) is 18.3 Å². The molecule has 0 fully saturated rings. The number of likely N-dealkylation sites (N-methyl/N-ethyl adjacent to an activating group) is 1. The van der Waals surface area contributed by atoms with Gasteiger partial charge in [-0.25, -0.2) is 0 Å². The molecule has 4 heteroatoms. The number of hydrogen-bond donors (Lipinski definition) is 0. The number of carbonyl (C=O) groups is 1. The summed E-state index contributed by atoms with van der Waals surface area (Å²) in [5, 5.41) is 8.87. The van der Waals surface area contributed by atoms with Gasteiger partial charge in [-0.3, -0.25) is 4.79 Å². The predicted molar refractivity (Wildman–Crippen MR) is 93.6 cm³/mol. The van der Waals surface area contributed by atoms with Gasteiger partial charge in [-0.2, -0.15) is 5.26 Å². The minimum atomic E-state index is -0.0724. The second-order valence-corrected chi connectivity index (χ2v) is 5.69. The van der Waals surface area contributed by atoms with E-state index >= 15 is 0 Å². The number of carbonyl (C=O) groups excluding carboxylic acids is 1. The molecule has 4 nitrogen and oxygen atoms in total. The molecule has 0 heterocycles. The number of nitrogens with zero attached hydrogens (tertiary/aromatic N) is 2. The van der Waals surface area contributed by atoms with E-state index in [0.29, 0.717) is 17.9 Å². The van der Waals surface area contributed by atoms with Crippen molar-refractivity contribution in [2.45, 2.75) is 26.8 Å². The molecule has 2 aromatic rings. The number of aryl methyl sites for hydroxylation is 1. The van der Waals surface area contributed by atoms with Crippen molar-refractivity contribution < 1.29 is 9.53 Å². The first-order valence-corrected chi connectivity index (χ1v) is 8.04. The van der Waals surface area contributed by atoms with E-state index in [9.17, 15) is 4.79 Å². The molecule has 2 aromatic carbocycles. The fourth-order valence-corrected chi connectivity index (χ4v) is 2.54. The standard InChI is InChI=1S/C20H22N2O2/c1-4-22(16(3)18-9-7-17(13-21)8-10-18)20(23)14-24-19-11-5-15(2)6-12-19/h5-12,16H,4,14H2,1-3H3. The fraction of sp³-hybridized carbons (Fsp3) is 0.300. The van der Waals surface area contributed by atoms with E-state index in [1.54, 1.807) is 17.0 Å². The van der Waals surface area contributed by atoms with Crippen molar-refractivity contribution in [1.82, 2.24) is 4.90 Å². The molecule has 124 valence electrons. The smallest absolute Gasteiger partial charge is 0.260 e. The molecule has 0 radical (unpaired) electrons. The molecule has 1 unspecified atom stereocenters. The zero-order valence-corrected chi connectivity index (χ0v) is 14.3. The summed E-state index contributed by atoms with van der Waals surface area (Å²) in [7, 11) is 0. The van der Waals surface area contributed by atoms with Crippen molar-refractivity contribution in [3.05, 3.63) is 65.2 Å². The summed E-state index contributed by atoms with van der Waals surface area (Å²) in [6.45, 7) is 6.54. The molecule has 0 N–H and O–H groups in total. The van der Waals surface area contributed by atoms with Gasteiger partial charge < -0.3 is 9.64 Å². The highest BCUT2D eigenvalue weighted by atomic mass is 16.5. The van der Waals surface area contributed by atoms with Gasteiger partial charge in [0.25, 0.3) is 5.91 Å². The van der Waals surface area contributed by atoms with Crippen LogP contribution in [0.25, 0.3) is 0 Å². The van der Waals surface area contributed by atoms with Crippen molar-refractivity contribution >= 4 is 5.91 Å². The van der Waals surface area contributed by atoms with Crippen LogP contribution >= 0.6 is 0 Å². The van der Waals surface area contributed by atoms with E-state index in [1.807, 2.05) is 57.2 Å². The molecule has 0 aliphatic heterocycles. The topological polar surface area (TPSA) is 53.3 Å². The Morgan fingerprint density at radius 1 is 1.17 bits per heavy atom. The first kappa shape index (κ1) is 17.6. The Morgan fingerprint density at radius 3 is 2.33 bits per heavy atom. The monoisotopic (exact) mass is 322 g/mol. The number of hydrogen-bond acceptors (Lipinski definition) is 3. The third kappa shape index (κ3) is 4.36. The van der Waals surface area contributed by atoms with Crippen LogP contribution < -0.4 is 4.74 Å². The van der Waals surface area contributed by atoms with E-state index < -0.39 is 0 Å². The summed E-state index contributed by atoms with van der Waals surface area (Å²) in [6.07, 6.45) is 0.